The van der Waals surface area contributed by atoms with E-state index in [0.29, 0.717) is 5.13 Å². The van der Waals surface area contributed by atoms with Crippen molar-refractivity contribution in [1.29, 1.82) is 0 Å². The normalized spacial score (nSPS) is 10.6. The van der Waals surface area contributed by atoms with Crippen LogP contribution in [0.15, 0.2) is 24.3 Å². The maximum absolute atomic E-state index is 11.2. The van der Waals surface area contributed by atoms with E-state index in [0.717, 1.165) is 16.3 Å². The number of nitrogens with one attached hydrogen (secondary N) is 1. The third-order valence-electron chi connectivity index (χ3n) is 2.72. The van der Waals surface area contributed by atoms with Gasteiger partial charge in [0.05, 0.1) is 7.11 Å². The van der Waals surface area contributed by atoms with E-state index in [2.05, 4.69) is 10.3 Å². The van der Waals surface area contributed by atoms with E-state index in [1.807, 2.05) is 38.1 Å². The fraction of sp³-hybridized carbons (Fsp3) is 0.286. The molecule has 5 nitrogen and oxygen atoms in total. The minimum absolute atomic E-state index is 0.126. The number of carboxylic acids is 1. The standard InChI is InChI=1S/C14H16N2O3S/c1-8(2)12-11(13(17)18)16-14(20-12)15-9-4-6-10(19-3)7-5-9/h4-8H,1-3H3,(H,15,16)(H,17,18). The first-order valence-corrected chi connectivity index (χ1v) is 6.98. The van der Waals surface area contributed by atoms with Gasteiger partial charge in [0.2, 0.25) is 0 Å². The molecule has 0 spiro atoms. The number of methoxy groups -OCH3 is 1. The van der Waals surface area contributed by atoms with Gasteiger partial charge in [-0.1, -0.05) is 13.8 Å². The number of anilines is 2. The maximum atomic E-state index is 11.2. The lowest BCUT2D eigenvalue weighted by Crippen LogP contribution is -2.02. The van der Waals surface area contributed by atoms with Gasteiger partial charge in [-0.25, -0.2) is 9.78 Å². The summed E-state index contributed by atoms with van der Waals surface area (Å²) in [6.45, 7) is 3.91. The molecule has 2 rings (SSSR count). The highest BCUT2D eigenvalue weighted by molar-refractivity contribution is 7.16. The fourth-order valence-electron chi connectivity index (χ4n) is 1.73. The van der Waals surface area contributed by atoms with Crippen LogP contribution in [0.4, 0.5) is 10.8 Å². The first-order valence-electron chi connectivity index (χ1n) is 6.16. The summed E-state index contributed by atoms with van der Waals surface area (Å²) in [5.74, 6) is -0.0958. The fourth-order valence-corrected chi connectivity index (χ4v) is 2.71. The predicted octanol–water partition coefficient (Wildman–Crippen LogP) is 3.72. The first kappa shape index (κ1) is 14.3. The zero-order valence-corrected chi connectivity index (χ0v) is 12.3. The Morgan fingerprint density at radius 3 is 2.45 bits per heavy atom. The second-order valence-electron chi connectivity index (χ2n) is 4.55. The largest absolute Gasteiger partial charge is 0.497 e. The smallest absolute Gasteiger partial charge is 0.355 e. The van der Waals surface area contributed by atoms with Gasteiger partial charge in [0.15, 0.2) is 10.8 Å². The van der Waals surface area contributed by atoms with Gasteiger partial charge in [-0.15, -0.1) is 11.3 Å². The highest BCUT2D eigenvalue weighted by atomic mass is 32.1. The average Bonchev–Trinajstić information content (AvgIpc) is 2.84. The Balaban J connectivity index is 2.24. The van der Waals surface area contributed by atoms with Gasteiger partial charge in [0, 0.05) is 10.6 Å². The zero-order valence-electron chi connectivity index (χ0n) is 11.5. The molecule has 20 heavy (non-hydrogen) atoms. The molecule has 0 saturated carbocycles. The number of benzene rings is 1. The van der Waals surface area contributed by atoms with Crippen molar-refractivity contribution in [3.8, 4) is 5.75 Å². The third-order valence-corrected chi connectivity index (χ3v) is 3.99. The summed E-state index contributed by atoms with van der Waals surface area (Å²) in [5, 5.41) is 12.9. The Morgan fingerprint density at radius 2 is 2.00 bits per heavy atom. The lowest BCUT2D eigenvalue weighted by molar-refractivity contribution is 0.0690. The van der Waals surface area contributed by atoms with Gasteiger partial charge in [-0.3, -0.25) is 0 Å². The van der Waals surface area contributed by atoms with Crippen molar-refractivity contribution in [2.24, 2.45) is 0 Å². The second-order valence-corrected chi connectivity index (χ2v) is 5.58. The monoisotopic (exact) mass is 292 g/mol. The summed E-state index contributed by atoms with van der Waals surface area (Å²) >= 11 is 1.37. The Kier molecular flexibility index (Phi) is 4.24. The van der Waals surface area contributed by atoms with Crippen LogP contribution in [0, 0.1) is 0 Å². The van der Waals surface area contributed by atoms with E-state index in [9.17, 15) is 4.79 Å². The van der Waals surface area contributed by atoms with Crippen molar-refractivity contribution in [2.75, 3.05) is 12.4 Å². The van der Waals surface area contributed by atoms with Crippen LogP contribution in [0.25, 0.3) is 0 Å². The molecule has 106 valence electrons. The third kappa shape index (κ3) is 3.08. The lowest BCUT2D eigenvalue weighted by Gasteiger charge is -2.04. The lowest BCUT2D eigenvalue weighted by atomic mass is 10.1. The van der Waals surface area contributed by atoms with Crippen molar-refractivity contribution in [1.82, 2.24) is 4.98 Å². The SMILES string of the molecule is COc1ccc(Nc2nc(C(=O)O)c(C(C)C)s2)cc1. The summed E-state index contributed by atoms with van der Waals surface area (Å²) in [6.07, 6.45) is 0. The number of thiazole rings is 1. The molecule has 0 aliphatic carbocycles. The molecule has 0 atom stereocenters. The van der Waals surface area contributed by atoms with Gasteiger partial charge in [0.25, 0.3) is 0 Å². The summed E-state index contributed by atoms with van der Waals surface area (Å²) < 4.78 is 5.09. The molecule has 0 bridgehead atoms. The van der Waals surface area contributed by atoms with E-state index in [1.165, 1.54) is 11.3 Å². The molecule has 0 aliphatic heterocycles. The summed E-state index contributed by atoms with van der Waals surface area (Å²) in [4.78, 5) is 16.1. The molecule has 0 amide bonds. The van der Waals surface area contributed by atoms with Crippen molar-refractivity contribution >= 4 is 28.1 Å². The molecule has 1 aromatic heterocycles. The molecular weight excluding hydrogens is 276 g/mol. The van der Waals surface area contributed by atoms with Crippen LogP contribution >= 0.6 is 11.3 Å². The number of aromatic carboxylic acids is 1. The summed E-state index contributed by atoms with van der Waals surface area (Å²) in [5.41, 5.74) is 0.966. The van der Waals surface area contributed by atoms with Crippen LogP contribution < -0.4 is 10.1 Å². The second kappa shape index (κ2) is 5.92. The highest BCUT2D eigenvalue weighted by Gasteiger charge is 2.19. The van der Waals surface area contributed by atoms with Crippen molar-refractivity contribution in [2.45, 2.75) is 19.8 Å². The Morgan fingerprint density at radius 1 is 1.35 bits per heavy atom. The van der Waals surface area contributed by atoms with Gasteiger partial charge in [-0.2, -0.15) is 0 Å². The highest BCUT2D eigenvalue weighted by Crippen LogP contribution is 2.31. The van der Waals surface area contributed by atoms with E-state index >= 15 is 0 Å². The molecule has 1 aromatic carbocycles. The van der Waals surface area contributed by atoms with Crippen LogP contribution in [0.3, 0.4) is 0 Å². The average molecular weight is 292 g/mol. The topological polar surface area (TPSA) is 71.5 Å². The molecule has 1 heterocycles. The molecule has 0 aliphatic rings. The first-order chi connectivity index (χ1) is 9.51. The molecule has 0 unspecified atom stereocenters. The van der Waals surface area contributed by atoms with E-state index in [-0.39, 0.29) is 11.6 Å². The van der Waals surface area contributed by atoms with Crippen LogP contribution in [-0.4, -0.2) is 23.2 Å². The Labute approximate surface area is 121 Å². The Hall–Kier alpha value is -2.08. The van der Waals surface area contributed by atoms with Crippen LogP contribution in [0.1, 0.15) is 35.1 Å². The number of ether oxygens (including phenoxy) is 1. The van der Waals surface area contributed by atoms with E-state index < -0.39 is 5.97 Å². The van der Waals surface area contributed by atoms with E-state index in [4.69, 9.17) is 9.84 Å². The molecule has 2 N–H and O–H groups in total. The molecule has 0 saturated heterocycles. The number of hydrogen-bond donors (Lipinski definition) is 2. The van der Waals surface area contributed by atoms with Crippen molar-refractivity contribution in [3.63, 3.8) is 0 Å². The number of nitrogens with zero attached hydrogens (tertiary/aromatic N) is 1. The van der Waals surface area contributed by atoms with Crippen LogP contribution in [-0.2, 0) is 0 Å². The number of hydrogen-bond acceptors (Lipinski definition) is 5. The number of carbonyl (C=O) groups is 1. The summed E-state index contributed by atoms with van der Waals surface area (Å²) in [6, 6.07) is 7.38. The van der Waals surface area contributed by atoms with Gasteiger partial charge < -0.3 is 15.2 Å². The Bertz CT molecular complexity index is 605. The minimum Gasteiger partial charge on any atom is -0.497 e. The van der Waals surface area contributed by atoms with Gasteiger partial charge in [-0.05, 0) is 30.2 Å². The van der Waals surface area contributed by atoms with Gasteiger partial charge in [0.1, 0.15) is 5.75 Å². The van der Waals surface area contributed by atoms with Crippen LogP contribution in [0.5, 0.6) is 5.75 Å². The molecule has 6 heteroatoms. The number of rotatable bonds is 5. The van der Waals surface area contributed by atoms with E-state index in [1.54, 1.807) is 7.11 Å². The predicted molar refractivity (Wildman–Crippen MR) is 79.4 cm³/mol. The minimum atomic E-state index is -0.993. The molecule has 2 aromatic rings. The van der Waals surface area contributed by atoms with Gasteiger partial charge >= 0.3 is 5.97 Å². The van der Waals surface area contributed by atoms with Crippen molar-refractivity contribution < 1.29 is 14.6 Å². The molecular formula is C14H16N2O3S. The number of aromatic nitrogens is 1. The molecule has 0 radical (unpaired) electrons. The van der Waals surface area contributed by atoms with Crippen molar-refractivity contribution in [3.05, 3.63) is 34.8 Å². The van der Waals surface area contributed by atoms with Crippen LogP contribution in [0.2, 0.25) is 0 Å². The quantitative estimate of drug-likeness (QED) is 0.878. The maximum Gasteiger partial charge on any atom is 0.355 e. The molecule has 0 fully saturated rings. The zero-order chi connectivity index (χ0) is 14.7. The summed E-state index contributed by atoms with van der Waals surface area (Å²) in [7, 11) is 1.61. The number of carboxylic acid groups (broad SMARTS) is 1.